The van der Waals surface area contributed by atoms with Gasteiger partial charge in [0.15, 0.2) is 0 Å². The van der Waals surface area contributed by atoms with Crippen molar-refractivity contribution < 1.29 is 14.2 Å². The summed E-state index contributed by atoms with van der Waals surface area (Å²) < 4.78 is 22.3. The van der Waals surface area contributed by atoms with E-state index in [2.05, 4.69) is 10.4 Å². The Bertz CT molecular complexity index is 777. The molecule has 0 fully saturated rings. The van der Waals surface area contributed by atoms with Crippen LogP contribution < -0.4 is 10.4 Å². The zero-order valence-corrected chi connectivity index (χ0v) is 14.6. The lowest BCUT2D eigenvalue weighted by atomic mass is 9.86. The third-order valence-corrected chi connectivity index (χ3v) is 3.64. The Hall–Kier alpha value is -2.22. The lowest BCUT2D eigenvalue weighted by molar-refractivity contribution is 0.173. The number of hydrogen-bond donors (Lipinski definition) is 1. The van der Waals surface area contributed by atoms with Crippen LogP contribution in [0.1, 0.15) is 33.3 Å². The van der Waals surface area contributed by atoms with E-state index < -0.39 is 16.9 Å². The molecule has 0 saturated carbocycles. The Kier molecular flexibility index (Phi) is 5.08. The lowest BCUT2D eigenvalue weighted by Gasteiger charge is -2.22. The summed E-state index contributed by atoms with van der Waals surface area (Å²) in [7, 11) is 1.48. The number of hydrogen-bond acceptors (Lipinski definition) is 5. The van der Waals surface area contributed by atoms with Crippen LogP contribution in [0.5, 0.6) is 5.75 Å². The number of benzene rings is 1. The summed E-state index contributed by atoms with van der Waals surface area (Å²) in [6.45, 7) is 7.57. The van der Waals surface area contributed by atoms with Crippen LogP contribution >= 0.6 is 0 Å². The van der Waals surface area contributed by atoms with Gasteiger partial charge in [0.2, 0.25) is 0 Å². The van der Waals surface area contributed by atoms with Crippen molar-refractivity contribution in [2.45, 2.75) is 33.1 Å². The van der Waals surface area contributed by atoms with Gasteiger partial charge in [-0.2, -0.15) is 9.36 Å². The number of aliphatic hydroxyl groups is 1. The maximum absolute atomic E-state index is 14.5. The average Bonchev–Trinajstić information content (AvgIpc) is 2.83. The van der Waals surface area contributed by atoms with Crippen LogP contribution in [0.3, 0.4) is 0 Å². The molecule has 0 bridgehead atoms. The summed E-state index contributed by atoms with van der Waals surface area (Å²) in [5.41, 5.74) is -0.148. The number of nitrogens with zero attached hydrogens (tertiary/aromatic N) is 4. The molecule has 0 unspecified atom stereocenters. The second-order valence-electron chi connectivity index (χ2n) is 6.95. The van der Waals surface area contributed by atoms with Gasteiger partial charge in [-0.15, -0.1) is 0 Å². The van der Waals surface area contributed by atoms with Crippen molar-refractivity contribution in [3.05, 3.63) is 34.0 Å². The number of ether oxygens (including phenoxy) is 1. The third kappa shape index (κ3) is 3.64. The molecule has 2 aromatic rings. The van der Waals surface area contributed by atoms with E-state index in [0.29, 0.717) is 11.3 Å². The zero-order valence-electron chi connectivity index (χ0n) is 14.6. The number of aryl methyl sites for hydroxylation is 1. The number of halogens is 1. The van der Waals surface area contributed by atoms with Crippen LogP contribution in [0.25, 0.3) is 5.69 Å². The van der Waals surface area contributed by atoms with Gasteiger partial charge in [-0.25, -0.2) is 9.18 Å². The molecule has 8 heteroatoms. The quantitative estimate of drug-likeness (QED) is 0.891. The van der Waals surface area contributed by atoms with Crippen LogP contribution in [0, 0.1) is 11.7 Å². The van der Waals surface area contributed by atoms with E-state index in [1.54, 1.807) is 13.0 Å². The molecule has 0 amide bonds. The average molecular weight is 338 g/mol. The predicted molar refractivity (Wildman–Crippen MR) is 87.0 cm³/mol. The van der Waals surface area contributed by atoms with Crippen molar-refractivity contribution >= 4 is 0 Å². The molecule has 2 rings (SSSR count). The second-order valence-corrected chi connectivity index (χ2v) is 6.95. The monoisotopic (exact) mass is 338 g/mol. The summed E-state index contributed by atoms with van der Waals surface area (Å²) >= 11 is 0. The minimum Gasteiger partial charge on any atom is -0.491 e. The van der Waals surface area contributed by atoms with Gasteiger partial charge in [0.25, 0.3) is 0 Å². The number of rotatable bonds is 5. The molecule has 24 heavy (non-hydrogen) atoms. The molecule has 0 aliphatic carbocycles. The first-order valence-electron chi connectivity index (χ1n) is 7.72. The largest absolute Gasteiger partial charge is 0.491 e. The summed E-state index contributed by atoms with van der Waals surface area (Å²) in [5.74, 6) is -0.361. The number of aromatic nitrogens is 4. The van der Waals surface area contributed by atoms with E-state index in [9.17, 15) is 9.18 Å². The molecule has 132 valence electrons. The Morgan fingerprint density at radius 3 is 2.50 bits per heavy atom. The molecule has 1 N–H and O–H groups in total. The highest BCUT2D eigenvalue weighted by Crippen LogP contribution is 2.32. The van der Waals surface area contributed by atoms with Crippen LogP contribution in [-0.4, -0.2) is 38.1 Å². The van der Waals surface area contributed by atoms with Gasteiger partial charge in [0, 0.05) is 25.6 Å². The summed E-state index contributed by atoms with van der Waals surface area (Å²) in [6, 6.07) is 2.81. The maximum atomic E-state index is 14.5. The van der Waals surface area contributed by atoms with Gasteiger partial charge in [0.05, 0.1) is 6.61 Å². The molecule has 0 aliphatic rings. The number of aliphatic hydroxyl groups excluding tert-OH is 1. The molecule has 7 nitrogen and oxygen atoms in total. The zero-order chi connectivity index (χ0) is 18.1. The van der Waals surface area contributed by atoms with E-state index in [-0.39, 0.29) is 24.9 Å². The van der Waals surface area contributed by atoms with Gasteiger partial charge in [-0.05, 0) is 27.5 Å². The Morgan fingerprint density at radius 2 is 2.00 bits per heavy atom. The van der Waals surface area contributed by atoms with Crippen molar-refractivity contribution in [3.8, 4) is 11.4 Å². The first-order valence-corrected chi connectivity index (χ1v) is 7.72. The molecule has 1 heterocycles. The van der Waals surface area contributed by atoms with Crippen LogP contribution in [0.2, 0.25) is 0 Å². The topological polar surface area (TPSA) is 82.2 Å². The Morgan fingerprint density at radius 1 is 1.33 bits per heavy atom. The number of tetrazole rings is 1. The summed E-state index contributed by atoms with van der Waals surface area (Å²) in [6.07, 6.45) is 0. The van der Waals surface area contributed by atoms with Crippen LogP contribution in [0.15, 0.2) is 16.9 Å². The third-order valence-electron chi connectivity index (χ3n) is 3.64. The van der Waals surface area contributed by atoms with Crippen LogP contribution in [-0.2, 0) is 12.5 Å². The lowest BCUT2D eigenvalue weighted by Crippen LogP contribution is -2.24. The maximum Gasteiger partial charge on any atom is 0.368 e. The summed E-state index contributed by atoms with van der Waals surface area (Å²) in [5, 5.41) is 16.6. The molecule has 0 aliphatic heterocycles. The smallest absolute Gasteiger partial charge is 0.368 e. The standard InChI is InChI=1S/C16H23FN4O3/c1-10(8-22)9-24-14-7-12(17)11(16(2,3)4)6-13(14)21-15(23)20(5)18-19-21/h6-7,10,22H,8-9H2,1-5H3/t10-/m1/s1. The van der Waals surface area contributed by atoms with Gasteiger partial charge < -0.3 is 9.84 Å². The minimum atomic E-state index is -0.457. The van der Waals surface area contributed by atoms with E-state index >= 15 is 0 Å². The molecular weight excluding hydrogens is 315 g/mol. The highest BCUT2D eigenvalue weighted by atomic mass is 19.1. The molecule has 1 atom stereocenters. The Balaban J connectivity index is 2.59. The van der Waals surface area contributed by atoms with E-state index in [1.165, 1.54) is 13.1 Å². The molecule has 1 aromatic carbocycles. The molecule has 0 saturated heterocycles. The van der Waals surface area contributed by atoms with Crippen molar-refractivity contribution in [1.29, 1.82) is 0 Å². The highest BCUT2D eigenvalue weighted by molar-refractivity contribution is 5.50. The van der Waals surface area contributed by atoms with Gasteiger partial charge >= 0.3 is 5.69 Å². The summed E-state index contributed by atoms with van der Waals surface area (Å²) in [4.78, 5) is 12.2. The SMILES string of the molecule is C[C@H](CO)COc1cc(F)c(C(C)(C)C)cc1-n1nnn(C)c1=O. The second kappa shape index (κ2) is 6.72. The van der Waals surface area contributed by atoms with Crippen molar-refractivity contribution in [1.82, 2.24) is 19.8 Å². The van der Waals surface area contributed by atoms with Gasteiger partial charge in [-0.3, -0.25) is 0 Å². The normalized spacial score (nSPS) is 13.1. The van der Waals surface area contributed by atoms with E-state index in [1.807, 2.05) is 20.8 Å². The highest BCUT2D eigenvalue weighted by Gasteiger charge is 2.24. The fourth-order valence-corrected chi connectivity index (χ4v) is 2.15. The fraction of sp³-hybridized carbons (Fsp3) is 0.562. The Labute approximate surface area is 139 Å². The van der Waals surface area contributed by atoms with Crippen molar-refractivity contribution in [3.63, 3.8) is 0 Å². The van der Waals surface area contributed by atoms with E-state index in [0.717, 1.165) is 9.36 Å². The van der Waals surface area contributed by atoms with Gasteiger partial charge in [0.1, 0.15) is 17.3 Å². The minimum absolute atomic E-state index is 0.0526. The predicted octanol–water partition coefficient (Wildman–Crippen LogP) is 1.41. The van der Waals surface area contributed by atoms with Gasteiger partial charge in [-0.1, -0.05) is 27.7 Å². The van der Waals surface area contributed by atoms with E-state index in [4.69, 9.17) is 9.84 Å². The molecule has 1 aromatic heterocycles. The first kappa shape index (κ1) is 18.1. The molecule has 0 spiro atoms. The first-order chi connectivity index (χ1) is 11.1. The fourth-order valence-electron chi connectivity index (χ4n) is 2.15. The van der Waals surface area contributed by atoms with Crippen molar-refractivity contribution in [2.24, 2.45) is 13.0 Å². The molecular formula is C16H23FN4O3. The molecule has 0 radical (unpaired) electrons. The van der Waals surface area contributed by atoms with Crippen molar-refractivity contribution in [2.75, 3.05) is 13.2 Å². The van der Waals surface area contributed by atoms with Crippen LogP contribution in [0.4, 0.5) is 4.39 Å².